The minimum absolute atomic E-state index is 0.169. The predicted octanol–water partition coefficient (Wildman–Crippen LogP) is 6.35. The molecule has 1 saturated carbocycles. The SMILES string of the molecule is NC(=NC=Nc1ccc(OC(F)(F)F)cc1)c1ccc(NC(=O)OC(c2ccccc2)C2CC2)cc1. The summed E-state index contributed by atoms with van der Waals surface area (Å²) in [6.07, 6.45) is -2.32. The summed E-state index contributed by atoms with van der Waals surface area (Å²) in [5.74, 6) is 0.164. The molecule has 4 rings (SSSR count). The highest BCUT2D eigenvalue weighted by Crippen LogP contribution is 2.43. The Balaban J connectivity index is 1.31. The van der Waals surface area contributed by atoms with Gasteiger partial charge in [0.1, 0.15) is 24.0 Å². The predicted molar refractivity (Wildman–Crippen MR) is 130 cm³/mol. The number of nitrogens with one attached hydrogen (secondary N) is 1. The molecule has 1 atom stereocenters. The first-order valence-electron chi connectivity index (χ1n) is 11.1. The number of nitrogens with two attached hydrogens (primary N) is 1. The van der Waals surface area contributed by atoms with Crippen LogP contribution in [0.5, 0.6) is 5.75 Å². The Kier molecular flexibility index (Phi) is 7.53. The number of aliphatic imine (C=N–C) groups is 2. The molecule has 0 spiro atoms. The lowest BCUT2D eigenvalue weighted by Gasteiger charge is -2.18. The van der Waals surface area contributed by atoms with Crippen LogP contribution in [0.15, 0.2) is 88.8 Å². The Morgan fingerprint density at radius 1 is 1.00 bits per heavy atom. The quantitative estimate of drug-likeness (QED) is 0.280. The van der Waals surface area contributed by atoms with Crippen molar-refractivity contribution in [3.63, 3.8) is 0 Å². The van der Waals surface area contributed by atoms with Gasteiger partial charge in [-0.15, -0.1) is 13.2 Å². The van der Waals surface area contributed by atoms with E-state index >= 15 is 0 Å². The molecule has 0 saturated heterocycles. The lowest BCUT2D eigenvalue weighted by molar-refractivity contribution is -0.274. The number of nitrogens with zero attached hydrogens (tertiary/aromatic N) is 2. The standard InChI is InChI=1S/C26H23F3N4O3/c27-26(28,29)36-22-14-12-20(13-15-22)31-16-32-24(30)19-8-10-21(11-9-19)33-25(34)35-23(18-6-7-18)17-4-2-1-3-5-17/h1-5,8-16,18,23H,6-7H2,(H,33,34)(H2,30,31,32). The molecular weight excluding hydrogens is 473 g/mol. The fourth-order valence-corrected chi connectivity index (χ4v) is 3.43. The summed E-state index contributed by atoms with van der Waals surface area (Å²) >= 11 is 0. The number of ether oxygens (including phenoxy) is 2. The number of carbonyl (C=O) groups is 1. The molecule has 3 N–H and O–H groups in total. The first-order valence-corrected chi connectivity index (χ1v) is 11.1. The summed E-state index contributed by atoms with van der Waals surface area (Å²) in [6, 6.07) is 21.4. The van der Waals surface area contributed by atoms with Crippen LogP contribution in [-0.4, -0.2) is 24.6 Å². The number of anilines is 1. The molecule has 0 radical (unpaired) electrons. The molecule has 3 aromatic rings. The molecule has 0 aliphatic heterocycles. The molecule has 1 aliphatic carbocycles. The second kappa shape index (κ2) is 10.9. The molecule has 3 aromatic carbocycles. The molecule has 36 heavy (non-hydrogen) atoms. The Morgan fingerprint density at radius 3 is 2.28 bits per heavy atom. The van der Waals surface area contributed by atoms with Crippen molar-refractivity contribution in [1.29, 1.82) is 0 Å². The van der Waals surface area contributed by atoms with Crippen molar-refractivity contribution >= 4 is 29.6 Å². The van der Waals surface area contributed by atoms with E-state index in [0.29, 0.717) is 22.9 Å². The van der Waals surface area contributed by atoms with E-state index in [9.17, 15) is 18.0 Å². The molecule has 1 aliphatic rings. The number of hydrogen-bond donors (Lipinski definition) is 2. The van der Waals surface area contributed by atoms with Crippen LogP contribution in [0.25, 0.3) is 0 Å². The van der Waals surface area contributed by atoms with Gasteiger partial charge in [0.2, 0.25) is 0 Å². The van der Waals surface area contributed by atoms with Gasteiger partial charge in [0, 0.05) is 17.2 Å². The first kappa shape index (κ1) is 24.8. The Bertz CT molecular complexity index is 1220. The van der Waals surface area contributed by atoms with Crippen LogP contribution in [0.3, 0.4) is 0 Å². The maximum Gasteiger partial charge on any atom is 0.573 e. The molecule has 0 heterocycles. The number of hydrogen-bond acceptors (Lipinski definition) is 4. The Hall–Kier alpha value is -4.34. The van der Waals surface area contributed by atoms with Crippen LogP contribution in [0.1, 0.15) is 30.1 Å². The van der Waals surface area contributed by atoms with E-state index in [1.54, 1.807) is 24.3 Å². The zero-order valence-corrected chi connectivity index (χ0v) is 19.0. The fourth-order valence-electron chi connectivity index (χ4n) is 3.43. The molecular formula is C26H23F3N4O3. The monoisotopic (exact) mass is 496 g/mol. The number of rotatable bonds is 8. The van der Waals surface area contributed by atoms with Crippen molar-refractivity contribution in [2.24, 2.45) is 21.6 Å². The smallest absolute Gasteiger partial charge is 0.441 e. The molecule has 1 fully saturated rings. The van der Waals surface area contributed by atoms with Gasteiger partial charge < -0.3 is 15.2 Å². The van der Waals surface area contributed by atoms with E-state index in [1.807, 2.05) is 30.3 Å². The highest BCUT2D eigenvalue weighted by atomic mass is 19.4. The third-order valence-corrected chi connectivity index (χ3v) is 5.31. The summed E-state index contributed by atoms with van der Waals surface area (Å²) in [5, 5.41) is 2.73. The van der Waals surface area contributed by atoms with Crippen molar-refractivity contribution in [2.45, 2.75) is 25.3 Å². The second-order valence-electron chi connectivity index (χ2n) is 8.08. The van der Waals surface area contributed by atoms with Crippen molar-refractivity contribution in [3.05, 3.63) is 90.0 Å². The maximum absolute atomic E-state index is 12.4. The molecule has 10 heteroatoms. The minimum atomic E-state index is -4.75. The average Bonchev–Trinajstić information content (AvgIpc) is 3.69. The Morgan fingerprint density at radius 2 is 1.67 bits per heavy atom. The van der Waals surface area contributed by atoms with Gasteiger partial charge in [-0.05, 0) is 66.9 Å². The summed E-state index contributed by atoms with van der Waals surface area (Å²) in [7, 11) is 0. The average molecular weight is 496 g/mol. The zero-order valence-electron chi connectivity index (χ0n) is 19.0. The van der Waals surface area contributed by atoms with Gasteiger partial charge in [-0.2, -0.15) is 0 Å². The molecule has 1 unspecified atom stereocenters. The van der Waals surface area contributed by atoms with Crippen LogP contribution < -0.4 is 15.8 Å². The number of amides is 1. The second-order valence-corrected chi connectivity index (χ2v) is 8.08. The van der Waals surface area contributed by atoms with E-state index in [4.69, 9.17) is 10.5 Å². The highest BCUT2D eigenvalue weighted by Gasteiger charge is 2.35. The molecule has 1 amide bonds. The van der Waals surface area contributed by atoms with Gasteiger partial charge >= 0.3 is 12.5 Å². The van der Waals surface area contributed by atoms with Crippen molar-refractivity contribution in [2.75, 3.05) is 5.32 Å². The molecule has 0 aromatic heterocycles. The van der Waals surface area contributed by atoms with Crippen LogP contribution in [0, 0.1) is 5.92 Å². The van der Waals surface area contributed by atoms with E-state index in [0.717, 1.165) is 30.5 Å². The van der Waals surface area contributed by atoms with Crippen molar-refractivity contribution in [3.8, 4) is 5.75 Å². The van der Waals surface area contributed by atoms with Crippen LogP contribution >= 0.6 is 0 Å². The lowest BCUT2D eigenvalue weighted by Crippen LogP contribution is -2.19. The van der Waals surface area contributed by atoms with Crippen LogP contribution in [-0.2, 0) is 4.74 Å². The normalized spacial score (nSPS) is 14.9. The number of amidine groups is 1. The van der Waals surface area contributed by atoms with Gasteiger partial charge in [0.25, 0.3) is 0 Å². The van der Waals surface area contributed by atoms with Gasteiger partial charge in [0.15, 0.2) is 0 Å². The van der Waals surface area contributed by atoms with Gasteiger partial charge in [-0.3, -0.25) is 5.32 Å². The number of carbonyl (C=O) groups excluding carboxylic acids is 1. The van der Waals surface area contributed by atoms with Gasteiger partial charge in [0.05, 0.1) is 5.69 Å². The van der Waals surface area contributed by atoms with E-state index < -0.39 is 12.5 Å². The summed E-state index contributed by atoms with van der Waals surface area (Å²) < 4.78 is 46.1. The zero-order chi connectivity index (χ0) is 25.5. The third-order valence-electron chi connectivity index (χ3n) is 5.31. The lowest BCUT2D eigenvalue weighted by atomic mass is 10.1. The number of halogens is 3. The van der Waals surface area contributed by atoms with E-state index in [2.05, 4.69) is 20.0 Å². The van der Waals surface area contributed by atoms with Gasteiger partial charge in [-0.25, -0.2) is 14.8 Å². The van der Waals surface area contributed by atoms with E-state index in [1.165, 1.54) is 18.5 Å². The molecule has 0 bridgehead atoms. The Labute approximate surface area is 205 Å². The van der Waals surface area contributed by atoms with Crippen molar-refractivity contribution in [1.82, 2.24) is 0 Å². The largest absolute Gasteiger partial charge is 0.573 e. The van der Waals surface area contributed by atoms with Crippen molar-refractivity contribution < 1.29 is 27.4 Å². The van der Waals surface area contributed by atoms with Crippen LogP contribution in [0.2, 0.25) is 0 Å². The summed E-state index contributed by atoms with van der Waals surface area (Å²) in [4.78, 5) is 20.5. The summed E-state index contributed by atoms with van der Waals surface area (Å²) in [6.45, 7) is 0. The third kappa shape index (κ3) is 7.33. The molecule has 186 valence electrons. The topological polar surface area (TPSA) is 98.3 Å². The number of benzene rings is 3. The van der Waals surface area contributed by atoms with Gasteiger partial charge in [-0.1, -0.05) is 30.3 Å². The maximum atomic E-state index is 12.4. The highest BCUT2D eigenvalue weighted by molar-refractivity contribution is 6.01. The molecule has 7 nitrogen and oxygen atoms in total. The fraction of sp³-hybridized carbons (Fsp3) is 0.192. The minimum Gasteiger partial charge on any atom is -0.441 e. The summed E-state index contributed by atoms with van der Waals surface area (Å²) in [5.41, 5.74) is 8.45. The van der Waals surface area contributed by atoms with E-state index in [-0.39, 0.29) is 17.7 Å². The first-order chi connectivity index (χ1) is 17.3. The number of alkyl halides is 3. The van der Waals surface area contributed by atoms with Crippen LogP contribution in [0.4, 0.5) is 29.3 Å².